The normalized spacial score (nSPS) is 12.5. The zero-order valence-electron chi connectivity index (χ0n) is 11.7. The predicted octanol–water partition coefficient (Wildman–Crippen LogP) is 1.71. The van der Waals surface area contributed by atoms with E-state index in [2.05, 4.69) is 20.5 Å². The molecule has 0 radical (unpaired) electrons. The van der Waals surface area contributed by atoms with Crippen molar-refractivity contribution in [2.75, 3.05) is 5.32 Å². The Morgan fingerprint density at radius 3 is 3.00 bits per heavy atom. The zero-order valence-corrected chi connectivity index (χ0v) is 11.7. The maximum atomic E-state index is 12.1. The van der Waals surface area contributed by atoms with E-state index in [1.807, 2.05) is 37.4 Å². The number of rotatable bonds is 4. The third-order valence-corrected chi connectivity index (χ3v) is 3.41. The predicted molar refractivity (Wildman–Crippen MR) is 81.9 cm³/mol. The van der Waals surface area contributed by atoms with Crippen LogP contribution in [0.2, 0.25) is 0 Å². The lowest BCUT2D eigenvalue weighted by atomic mass is 10.1. The Kier molecular flexibility index (Phi) is 3.45. The minimum atomic E-state index is -0.624. The molecule has 0 aliphatic carbocycles. The summed E-state index contributed by atoms with van der Waals surface area (Å²) in [5.41, 5.74) is 8.95. The van der Waals surface area contributed by atoms with Gasteiger partial charge in [0.2, 0.25) is 5.91 Å². The summed E-state index contributed by atoms with van der Waals surface area (Å²) in [7, 11) is 0. The van der Waals surface area contributed by atoms with Crippen LogP contribution in [-0.2, 0) is 11.2 Å². The molecule has 6 heteroatoms. The fourth-order valence-corrected chi connectivity index (χ4v) is 2.33. The lowest BCUT2D eigenvalue weighted by Crippen LogP contribution is -2.37. The maximum absolute atomic E-state index is 12.1. The average molecular weight is 283 g/mol. The minimum absolute atomic E-state index is 0.244. The largest absolute Gasteiger partial charge is 0.361 e. The Labute approximate surface area is 121 Å². The van der Waals surface area contributed by atoms with E-state index in [0.29, 0.717) is 12.2 Å². The van der Waals surface area contributed by atoms with E-state index in [1.165, 1.54) is 0 Å². The second-order valence-corrected chi connectivity index (χ2v) is 5.10. The van der Waals surface area contributed by atoms with Crippen LogP contribution in [0.15, 0.2) is 36.5 Å². The Bertz CT molecular complexity index is 773. The van der Waals surface area contributed by atoms with Crippen LogP contribution >= 0.6 is 0 Å². The maximum Gasteiger partial charge on any atom is 0.242 e. The van der Waals surface area contributed by atoms with Gasteiger partial charge in [-0.3, -0.25) is 9.89 Å². The van der Waals surface area contributed by atoms with Crippen molar-refractivity contribution in [3.8, 4) is 0 Å². The highest BCUT2D eigenvalue weighted by Crippen LogP contribution is 2.19. The quantitative estimate of drug-likeness (QED) is 0.586. The topological polar surface area (TPSA) is 99.6 Å². The Morgan fingerprint density at radius 1 is 1.43 bits per heavy atom. The number of nitrogens with zero attached hydrogens (tertiary/aromatic N) is 1. The Hall–Kier alpha value is -2.60. The molecule has 0 aliphatic heterocycles. The number of carbonyl (C=O) groups is 1. The fraction of sp³-hybridized carbons (Fsp3) is 0.200. The lowest BCUT2D eigenvalue weighted by Gasteiger charge is -2.10. The van der Waals surface area contributed by atoms with E-state index in [9.17, 15) is 4.79 Å². The second kappa shape index (κ2) is 5.41. The molecule has 6 nitrogen and oxygen atoms in total. The van der Waals surface area contributed by atoms with Gasteiger partial charge in [-0.15, -0.1) is 0 Å². The number of hydrogen-bond acceptors (Lipinski definition) is 3. The molecule has 3 aromatic rings. The number of aromatic amines is 2. The number of carbonyl (C=O) groups excluding carboxylic acids is 1. The molecule has 1 aromatic carbocycles. The number of nitrogens with one attached hydrogen (secondary N) is 3. The molecule has 21 heavy (non-hydrogen) atoms. The van der Waals surface area contributed by atoms with Gasteiger partial charge in [-0.05, 0) is 25.0 Å². The molecule has 108 valence electrons. The molecule has 0 saturated heterocycles. The second-order valence-electron chi connectivity index (χ2n) is 5.10. The summed E-state index contributed by atoms with van der Waals surface area (Å²) in [6.45, 7) is 1.87. The van der Waals surface area contributed by atoms with Gasteiger partial charge in [-0.2, -0.15) is 5.10 Å². The number of amides is 1. The molecule has 2 aromatic heterocycles. The van der Waals surface area contributed by atoms with Crippen LogP contribution in [0.3, 0.4) is 0 Å². The van der Waals surface area contributed by atoms with Crippen molar-refractivity contribution in [3.05, 3.63) is 47.8 Å². The van der Waals surface area contributed by atoms with Gasteiger partial charge in [0.25, 0.3) is 0 Å². The van der Waals surface area contributed by atoms with Gasteiger partial charge in [0.05, 0.1) is 6.04 Å². The summed E-state index contributed by atoms with van der Waals surface area (Å²) in [5.74, 6) is 0.249. The van der Waals surface area contributed by atoms with Crippen molar-refractivity contribution in [1.29, 1.82) is 0 Å². The molecule has 2 heterocycles. The van der Waals surface area contributed by atoms with Gasteiger partial charge in [-0.25, -0.2) is 0 Å². The number of aromatic nitrogens is 3. The first-order chi connectivity index (χ1) is 10.1. The number of aryl methyl sites for hydroxylation is 1. The molecule has 0 bridgehead atoms. The van der Waals surface area contributed by atoms with E-state index in [1.54, 1.807) is 6.07 Å². The van der Waals surface area contributed by atoms with Crippen LogP contribution in [0.4, 0.5) is 5.82 Å². The van der Waals surface area contributed by atoms with Crippen LogP contribution < -0.4 is 11.1 Å². The zero-order chi connectivity index (χ0) is 14.8. The van der Waals surface area contributed by atoms with Gasteiger partial charge in [-0.1, -0.05) is 18.2 Å². The summed E-state index contributed by atoms with van der Waals surface area (Å²) in [4.78, 5) is 15.3. The smallest absolute Gasteiger partial charge is 0.242 e. The van der Waals surface area contributed by atoms with Crippen molar-refractivity contribution in [3.63, 3.8) is 0 Å². The van der Waals surface area contributed by atoms with Crippen LogP contribution in [-0.4, -0.2) is 27.1 Å². The summed E-state index contributed by atoms with van der Waals surface area (Å²) in [5, 5.41) is 10.5. The van der Waals surface area contributed by atoms with Crippen molar-refractivity contribution in [1.82, 2.24) is 15.2 Å². The Balaban J connectivity index is 1.70. The van der Waals surface area contributed by atoms with Crippen molar-refractivity contribution >= 4 is 22.6 Å². The van der Waals surface area contributed by atoms with E-state index in [4.69, 9.17) is 5.73 Å². The first-order valence-electron chi connectivity index (χ1n) is 6.77. The molecule has 3 rings (SSSR count). The van der Waals surface area contributed by atoms with Gasteiger partial charge in [0.15, 0.2) is 5.82 Å². The van der Waals surface area contributed by atoms with Crippen molar-refractivity contribution < 1.29 is 4.79 Å². The molecule has 0 fully saturated rings. The van der Waals surface area contributed by atoms with Crippen molar-refractivity contribution in [2.24, 2.45) is 5.73 Å². The fourth-order valence-electron chi connectivity index (χ4n) is 2.33. The van der Waals surface area contributed by atoms with Crippen LogP contribution in [0, 0.1) is 6.92 Å². The van der Waals surface area contributed by atoms with Crippen LogP contribution in [0.1, 0.15) is 11.3 Å². The van der Waals surface area contributed by atoms with E-state index >= 15 is 0 Å². The van der Waals surface area contributed by atoms with E-state index < -0.39 is 6.04 Å². The highest BCUT2D eigenvalue weighted by atomic mass is 16.2. The number of hydrogen-bond donors (Lipinski definition) is 4. The number of benzene rings is 1. The van der Waals surface area contributed by atoms with Gasteiger partial charge < -0.3 is 16.0 Å². The monoisotopic (exact) mass is 283 g/mol. The summed E-state index contributed by atoms with van der Waals surface area (Å²) >= 11 is 0. The highest BCUT2D eigenvalue weighted by molar-refractivity contribution is 5.94. The minimum Gasteiger partial charge on any atom is -0.361 e. The summed E-state index contributed by atoms with van der Waals surface area (Å²) < 4.78 is 0. The molecule has 1 amide bonds. The average Bonchev–Trinajstić information content (AvgIpc) is 3.06. The molecular formula is C15H17N5O. The first kappa shape index (κ1) is 13.4. The first-order valence-corrected chi connectivity index (χ1v) is 6.77. The molecule has 0 aliphatic rings. The summed E-state index contributed by atoms with van der Waals surface area (Å²) in [6, 6.07) is 9.09. The molecule has 5 N–H and O–H groups in total. The number of anilines is 1. The van der Waals surface area contributed by atoms with Crippen LogP contribution in [0.5, 0.6) is 0 Å². The summed E-state index contributed by atoms with van der Waals surface area (Å²) in [6.07, 6.45) is 2.37. The number of nitrogens with two attached hydrogens (primary N) is 1. The van der Waals surface area contributed by atoms with Crippen LogP contribution in [0.25, 0.3) is 10.9 Å². The SMILES string of the molecule is Cc1cc(NC(=O)[C@H](N)Cc2c[nH]c3ccccc23)n[nH]1. The third kappa shape index (κ3) is 2.80. The van der Waals surface area contributed by atoms with E-state index in [0.717, 1.165) is 22.2 Å². The Morgan fingerprint density at radius 2 is 2.24 bits per heavy atom. The van der Waals surface area contributed by atoms with Gasteiger partial charge in [0.1, 0.15) is 0 Å². The third-order valence-electron chi connectivity index (χ3n) is 3.41. The number of fused-ring (bicyclic) bond motifs is 1. The molecule has 0 spiro atoms. The standard InChI is InChI=1S/C15H17N5O/c1-9-6-14(20-19-9)18-15(21)12(16)7-10-8-17-13-5-3-2-4-11(10)13/h2-6,8,12,17H,7,16H2,1H3,(H2,18,19,20,21)/t12-/m1/s1. The van der Waals surface area contributed by atoms with Gasteiger partial charge in [0, 0.05) is 28.9 Å². The lowest BCUT2D eigenvalue weighted by molar-refractivity contribution is -0.117. The van der Waals surface area contributed by atoms with Crippen molar-refractivity contribution in [2.45, 2.75) is 19.4 Å². The van der Waals surface area contributed by atoms with Gasteiger partial charge >= 0.3 is 0 Å². The number of para-hydroxylation sites is 1. The van der Waals surface area contributed by atoms with E-state index in [-0.39, 0.29) is 5.91 Å². The molecule has 1 atom stereocenters. The molecule has 0 unspecified atom stereocenters. The highest BCUT2D eigenvalue weighted by Gasteiger charge is 2.17. The molecular weight excluding hydrogens is 266 g/mol. The number of H-pyrrole nitrogens is 2. The molecule has 0 saturated carbocycles.